The average Bonchev–Trinajstić information content (AvgIpc) is 1.88. The summed E-state index contributed by atoms with van der Waals surface area (Å²) in [6, 6.07) is 0. The Kier molecular flexibility index (Phi) is 2.22. The largest absolute Gasteiger partial charge is 0.389 e. The lowest BCUT2D eigenvalue weighted by Gasteiger charge is -2.14. The summed E-state index contributed by atoms with van der Waals surface area (Å²) in [5.41, 5.74) is 0.791. The van der Waals surface area contributed by atoms with E-state index in [0.29, 0.717) is 0 Å². The maximum atomic E-state index is 10.8. The van der Waals surface area contributed by atoms with Crippen LogP contribution < -0.4 is 0 Å². The standard InChI is InChI=1S/C8H12O2/c1-6(9)7-3-2-4-8(10)5-7/h5,8,10H,2-4H2,1H3/t8-/m1/s1. The van der Waals surface area contributed by atoms with Gasteiger partial charge in [0.25, 0.3) is 0 Å². The van der Waals surface area contributed by atoms with Gasteiger partial charge in [-0.1, -0.05) is 0 Å². The predicted octanol–water partition coefficient (Wildman–Crippen LogP) is 1.05. The van der Waals surface area contributed by atoms with Crippen molar-refractivity contribution >= 4 is 5.78 Å². The van der Waals surface area contributed by atoms with Crippen molar-refractivity contribution < 1.29 is 9.90 Å². The van der Waals surface area contributed by atoms with E-state index < -0.39 is 0 Å². The van der Waals surface area contributed by atoms with E-state index in [4.69, 9.17) is 5.11 Å². The molecule has 10 heavy (non-hydrogen) atoms. The summed E-state index contributed by atoms with van der Waals surface area (Å²) < 4.78 is 0. The Balaban J connectivity index is 2.66. The van der Waals surface area contributed by atoms with Gasteiger partial charge in [-0.05, 0) is 37.8 Å². The summed E-state index contributed by atoms with van der Waals surface area (Å²) >= 11 is 0. The molecule has 2 nitrogen and oxygen atoms in total. The molecule has 1 atom stereocenters. The second-order valence-electron chi connectivity index (χ2n) is 2.71. The van der Waals surface area contributed by atoms with Crippen LogP contribution in [0.3, 0.4) is 0 Å². The van der Waals surface area contributed by atoms with Crippen LogP contribution in [0.5, 0.6) is 0 Å². The summed E-state index contributed by atoms with van der Waals surface area (Å²) in [6.07, 6.45) is 3.87. The zero-order valence-electron chi connectivity index (χ0n) is 6.13. The summed E-state index contributed by atoms with van der Waals surface area (Å²) in [7, 11) is 0. The van der Waals surface area contributed by atoms with E-state index in [-0.39, 0.29) is 11.9 Å². The number of ketones is 1. The van der Waals surface area contributed by atoms with Crippen LogP contribution in [0.2, 0.25) is 0 Å². The summed E-state index contributed by atoms with van der Waals surface area (Å²) in [6.45, 7) is 1.55. The van der Waals surface area contributed by atoms with Crippen molar-refractivity contribution in [1.29, 1.82) is 0 Å². The van der Waals surface area contributed by atoms with Crippen molar-refractivity contribution in [2.75, 3.05) is 0 Å². The molecule has 0 unspecified atom stereocenters. The number of carbonyl (C=O) groups excluding carboxylic acids is 1. The Morgan fingerprint density at radius 3 is 2.90 bits per heavy atom. The number of hydrogen-bond acceptors (Lipinski definition) is 2. The molecule has 2 heteroatoms. The lowest BCUT2D eigenvalue weighted by atomic mass is 9.95. The first-order valence-corrected chi connectivity index (χ1v) is 3.60. The van der Waals surface area contributed by atoms with Crippen LogP contribution in [-0.4, -0.2) is 17.0 Å². The van der Waals surface area contributed by atoms with Crippen LogP contribution in [-0.2, 0) is 4.79 Å². The lowest BCUT2D eigenvalue weighted by Crippen LogP contribution is -2.12. The third-order valence-corrected chi connectivity index (χ3v) is 1.79. The number of allylic oxidation sites excluding steroid dienone is 1. The van der Waals surface area contributed by atoms with Gasteiger partial charge >= 0.3 is 0 Å². The van der Waals surface area contributed by atoms with Crippen molar-refractivity contribution in [1.82, 2.24) is 0 Å². The number of rotatable bonds is 1. The topological polar surface area (TPSA) is 37.3 Å². The molecule has 0 amide bonds. The van der Waals surface area contributed by atoms with Gasteiger partial charge in [0, 0.05) is 0 Å². The van der Waals surface area contributed by atoms with E-state index in [9.17, 15) is 4.79 Å². The summed E-state index contributed by atoms with van der Waals surface area (Å²) in [5.74, 6) is 0.0961. The highest BCUT2D eigenvalue weighted by atomic mass is 16.3. The molecular formula is C8H12O2. The number of carbonyl (C=O) groups is 1. The van der Waals surface area contributed by atoms with Crippen LogP contribution >= 0.6 is 0 Å². The first kappa shape index (κ1) is 7.48. The van der Waals surface area contributed by atoms with E-state index in [1.807, 2.05) is 0 Å². The van der Waals surface area contributed by atoms with Gasteiger partial charge in [0.2, 0.25) is 0 Å². The second-order valence-corrected chi connectivity index (χ2v) is 2.71. The minimum atomic E-state index is -0.382. The number of hydrogen-bond donors (Lipinski definition) is 1. The Labute approximate surface area is 60.6 Å². The normalized spacial score (nSPS) is 25.8. The van der Waals surface area contributed by atoms with Crippen molar-refractivity contribution in [3.8, 4) is 0 Å². The van der Waals surface area contributed by atoms with Crippen molar-refractivity contribution in [3.05, 3.63) is 11.6 Å². The van der Waals surface area contributed by atoms with E-state index in [1.54, 1.807) is 13.0 Å². The zero-order valence-corrected chi connectivity index (χ0v) is 6.13. The Bertz CT molecular complexity index is 170. The predicted molar refractivity (Wildman–Crippen MR) is 38.6 cm³/mol. The molecule has 0 spiro atoms. The SMILES string of the molecule is CC(=O)C1=C[C@H](O)CCC1. The van der Waals surface area contributed by atoms with Gasteiger partial charge in [-0.25, -0.2) is 0 Å². The average molecular weight is 140 g/mol. The molecule has 1 aliphatic rings. The number of aliphatic hydroxyl groups is 1. The van der Waals surface area contributed by atoms with Gasteiger partial charge in [-0.2, -0.15) is 0 Å². The molecule has 56 valence electrons. The van der Waals surface area contributed by atoms with Crippen molar-refractivity contribution in [2.24, 2.45) is 0 Å². The molecule has 0 saturated carbocycles. The fraction of sp³-hybridized carbons (Fsp3) is 0.625. The van der Waals surface area contributed by atoms with Crippen LogP contribution in [0.1, 0.15) is 26.2 Å². The third-order valence-electron chi connectivity index (χ3n) is 1.79. The molecule has 0 radical (unpaired) electrons. The fourth-order valence-electron chi connectivity index (χ4n) is 1.19. The number of aliphatic hydroxyl groups excluding tert-OH is 1. The van der Waals surface area contributed by atoms with E-state index >= 15 is 0 Å². The monoisotopic (exact) mass is 140 g/mol. The third kappa shape index (κ3) is 1.67. The highest BCUT2D eigenvalue weighted by Crippen LogP contribution is 2.17. The minimum absolute atomic E-state index is 0.0961. The van der Waals surface area contributed by atoms with Gasteiger partial charge in [0.05, 0.1) is 6.10 Å². The van der Waals surface area contributed by atoms with Crippen LogP contribution in [0, 0.1) is 0 Å². The molecule has 1 N–H and O–H groups in total. The molecular weight excluding hydrogens is 128 g/mol. The maximum Gasteiger partial charge on any atom is 0.155 e. The van der Waals surface area contributed by atoms with Crippen LogP contribution in [0.15, 0.2) is 11.6 Å². The van der Waals surface area contributed by atoms with E-state index in [1.165, 1.54) is 0 Å². The Morgan fingerprint density at radius 2 is 2.50 bits per heavy atom. The van der Waals surface area contributed by atoms with E-state index in [2.05, 4.69) is 0 Å². The number of Topliss-reactive ketones (excluding diaryl/α,β-unsaturated/α-hetero) is 1. The first-order valence-electron chi connectivity index (χ1n) is 3.60. The highest BCUT2D eigenvalue weighted by Gasteiger charge is 2.12. The Hall–Kier alpha value is -0.630. The Morgan fingerprint density at radius 1 is 1.80 bits per heavy atom. The van der Waals surface area contributed by atoms with Gasteiger partial charge in [-0.3, -0.25) is 4.79 Å². The molecule has 1 rings (SSSR count). The first-order chi connectivity index (χ1) is 4.70. The van der Waals surface area contributed by atoms with Gasteiger partial charge in [0.15, 0.2) is 5.78 Å². The molecule has 0 heterocycles. The molecule has 0 fully saturated rings. The van der Waals surface area contributed by atoms with Crippen LogP contribution in [0.4, 0.5) is 0 Å². The van der Waals surface area contributed by atoms with Gasteiger partial charge in [-0.15, -0.1) is 0 Å². The molecule has 1 aliphatic carbocycles. The smallest absolute Gasteiger partial charge is 0.155 e. The zero-order chi connectivity index (χ0) is 7.56. The van der Waals surface area contributed by atoms with Crippen molar-refractivity contribution in [2.45, 2.75) is 32.3 Å². The molecule has 0 aromatic rings. The summed E-state index contributed by atoms with van der Waals surface area (Å²) in [5, 5.41) is 9.10. The molecule has 0 aromatic heterocycles. The van der Waals surface area contributed by atoms with Gasteiger partial charge in [0.1, 0.15) is 0 Å². The maximum absolute atomic E-state index is 10.8. The van der Waals surface area contributed by atoms with Gasteiger partial charge < -0.3 is 5.11 Å². The van der Waals surface area contributed by atoms with Crippen molar-refractivity contribution in [3.63, 3.8) is 0 Å². The molecule has 0 aliphatic heterocycles. The van der Waals surface area contributed by atoms with E-state index in [0.717, 1.165) is 24.8 Å². The highest BCUT2D eigenvalue weighted by molar-refractivity contribution is 5.93. The molecule has 0 aromatic carbocycles. The lowest BCUT2D eigenvalue weighted by molar-refractivity contribution is -0.113. The molecule has 0 saturated heterocycles. The fourth-order valence-corrected chi connectivity index (χ4v) is 1.19. The molecule has 0 bridgehead atoms. The quantitative estimate of drug-likeness (QED) is 0.591. The second kappa shape index (κ2) is 2.97. The summed E-state index contributed by atoms with van der Waals surface area (Å²) in [4.78, 5) is 10.8. The van der Waals surface area contributed by atoms with Crippen LogP contribution in [0.25, 0.3) is 0 Å². The minimum Gasteiger partial charge on any atom is -0.389 e.